The fraction of sp³-hybridized carbons (Fsp3) is 0.688. The van der Waals surface area contributed by atoms with E-state index in [2.05, 4.69) is 45.3 Å². The van der Waals surface area contributed by atoms with Gasteiger partial charge in [-0.05, 0) is 81.9 Å². The third kappa shape index (κ3) is 22.5. The van der Waals surface area contributed by atoms with Crippen molar-refractivity contribution in [3.05, 3.63) is 47.2 Å². The first-order valence-electron chi connectivity index (χ1n) is 13.8. The molecule has 202 valence electrons. The van der Waals surface area contributed by atoms with Crippen LogP contribution in [-0.4, -0.2) is 23.7 Å². The highest BCUT2D eigenvalue weighted by Crippen LogP contribution is 2.21. The smallest absolute Gasteiger partial charge is 0.155 e. The SMILES string of the molecule is C=C(C)N=CC(=CC/C=C(\C)C(C)=O)/C(C)=C\C.CC1CCCCCC1.CCC(C)CC(C)CO. The molecule has 0 aromatic rings. The van der Waals surface area contributed by atoms with Crippen molar-refractivity contribution in [3.63, 3.8) is 0 Å². The fourth-order valence-electron chi connectivity index (χ4n) is 3.58. The van der Waals surface area contributed by atoms with E-state index in [4.69, 9.17) is 5.11 Å². The normalized spacial score (nSPS) is 17.5. The van der Waals surface area contributed by atoms with Crippen LogP contribution in [0.1, 0.15) is 120 Å². The summed E-state index contributed by atoms with van der Waals surface area (Å²) < 4.78 is 0. The summed E-state index contributed by atoms with van der Waals surface area (Å²) in [6.07, 6.45) is 19.9. The van der Waals surface area contributed by atoms with Gasteiger partial charge in [0.25, 0.3) is 0 Å². The number of hydrogen-bond donors (Lipinski definition) is 1. The van der Waals surface area contributed by atoms with Gasteiger partial charge in [-0.3, -0.25) is 9.79 Å². The zero-order valence-electron chi connectivity index (χ0n) is 24.6. The third-order valence-electron chi connectivity index (χ3n) is 6.59. The standard InChI is InChI=1S/C16H23NO.C8H18O.C8H16/c1-7-13(4)16(11-17-12(2)3)10-8-9-14(5)15(6)18;1-4-7(2)5-8(3)6-9;1-8-6-4-2-3-5-7-8/h7,9-11H,2,8H2,1,3-6H3;7-9H,4-6H2,1-3H3;8H,2-7H2,1H3/b13-7-,14-9+,16-10?,17-11?;;. The monoisotopic (exact) mass is 487 g/mol. The van der Waals surface area contributed by atoms with Crippen LogP contribution in [-0.2, 0) is 4.79 Å². The van der Waals surface area contributed by atoms with E-state index in [-0.39, 0.29) is 5.78 Å². The van der Waals surface area contributed by atoms with Gasteiger partial charge in [0.1, 0.15) is 0 Å². The Balaban J connectivity index is 0. The van der Waals surface area contributed by atoms with E-state index in [9.17, 15) is 4.79 Å². The Morgan fingerprint density at radius 1 is 1.00 bits per heavy atom. The van der Waals surface area contributed by atoms with E-state index in [1.54, 1.807) is 6.92 Å². The van der Waals surface area contributed by atoms with E-state index >= 15 is 0 Å². The third-order valence-corrected chi connectivity index (χ3v) is 6.59. The number of carbonyl (C=O) groups is 1. The predicted octanol–water partition coefficient (Wildman–Crippen LogP) is 9.44. The zero-order chi connectivity index (χ0) is 27.2. The molecule has 0 aromatic carbocycles. The lowest BCUT2D eigenvalue weighted by Gasteiger charge is -2.12. The number of nitrogens with zero attached hydrogens (tertiary/aromatic N) is 1. The average Bonchev–Trinajstić information content (AvgIpc) is 3.08. The summed E-state index contributed by atoms with van der Waals surface area (Å²) in [6.45, 7) is 22.3. The van der Waals surface area contributed by atoms with Gasteiger partial charge in [-0.2, -0.15) is 0 Å². The van der Waals surface area contributed by atoms with Crippen molar-refractivity contribution in [1.82, 2.24) is 0 Å². The van der Waals surface area contributed by atoms with Crippen molar-refractivity contribution < 1.29 is 9.90 Å². The molecule has 0 amide bonds. The topological polar surface area (TPSA) is 49.7 Å². The second kappa shape index (κ2) is 22.7. The molecule has 1 fully saturated rings. The average molecular weight is 488 g/mol. The van der Waals surface area contributed by atoms with Crippen molar-refractivity contribution >= 4 is 12.0 Å². The molecular formula is C32H57NO2. The lowest BCUT2D eigenvalue weighted by Crippen LogP contribution is -2.05. The maximum absolute atomic E-state index is 11.1. The molecule has 3 heteroatoms. The van der Waals surface area contributed by atoms with Crippen LogP contribution in [0.3, 0.4) is 0 Å². The van der Waals surface area contributed by atoms with Gasteiger partial charge in [-0.15, -0.1) is 0 Å². The van der Waals surface area contributed by atoms with Crippen LogP contribution in [0.5, 0.6) is 0 Å². The highest BCUT2D eigenvalue weighted by molar-refractivity contribution is 5.92. The van der Waals surface area contributed by atoms with Crippen LogP contribution in [0.2, 0.25) is 0 Å². The van der Waals surface area contributed by atoms with Crippen molar-refractivity contribution in [2.75, 3.05) is 6.61 Å². The predicted molar refractivity (Wildman–Crippen MR) is 157 cm³/mol. The van der Waals surface area contributed by atoms with Crippen molar-refractivity contribution in [2.24, 2.45) is 22.7 Å². The summed E-state index contributed by atoms with van der Waals surface area (Å²) in [5, 5.41) is 8.68. The van der Waals surface area contributed by atoms with E-state index in [0.717, 1.165) is 47.1 Å². The number of hydrogen-bond acceptors (Lipinski definition) is 3. The van der Waals surface area contributed by atoms with Crippen molar-refractivity contribution in [2.45, 2.75) is 120 Å². The number of aliphatic imine (C=N–C) groups is 1. The largest absolute Gasteiger partial charge is 0.396 e. The van der Waals surface area contributed by atoms with E-state index < -0.39 is 0 Å². The van der Waals surface area contributed by atoms with E-state index in [1.165, 1.54) is 44.9 Å². The van der Waals surface area contributed by atoms with Crippen LogP contribution in [0.25, 0.3) is 0 Å². The Labute approximate surface area is 218 Å². The first-order valence-corrected chi connectivity index (χ1v) is 13.8. The van der Waals surface area contributed by atoms with Gasteiger partial charge in [0.15, 0.2) is 5.78 Å². The molecule has 1 aliphatic carbocycles. The first kappa shape index (κ1) is 35.4. The minimum Gasteiger partial charge on any atom is -0.396 e. The van der Waals surface area contributed by atoms with Gasteiger partial charge in [0, 0.05) is 18.5 Å². The maximum atomic E-state index is 11.1. The van der Waals surface area contributed by atoms with Gasteiger partial charge in [-0.25, -0.2) is 0 Å². The first-order chi connectivity index (χ1) is 16.5. The highest BCUT2D eigenvalue weighted by Gasteiger charge is 2.05. The number of rotatable bonds is 10. The Morgan fingerprint density at radius 2 is 1.57 bits per heavy atom. The van der Waals surface area contributed by atoms with E-state index in [1.807, 2.05) is 46.1 Å². The molecule has 35 heavy (non-hydrogen) atoms. The molecule has 0 bridgehead atoms. The molecule has 0 aromatic heterocycles. The lowest BCUT2D eigenvalue weighted by atomic mass is 9.96. The van der Waals surface area contributed by atoms with Crippen LogP contribution in [0.4, 0.5) is 0 Å². The van der Waals surface area contributed by atoms with E-state index in [0.29, 0.717) is 12.5 Å². The molecule has 1 rings (SSSR count). The van der Waals surface area contributed by atoms with Crippen molar-refractivity contribution in [1.29, 1.82) is 0 Å². The van der Waals surface area contributed by atoms with Gasteiger partial charge in [-0.1, -0.05) is 97.4 Å². The highest BCUT2D eigenvalue weighted by atomic mass is 16.3. The summed E-state index contributed by atoms with van der Waals surface area (Å²) >= 11 is 0. The summed E-state index contributed by atoms with van der Waals surface area (Å²) in [7, 11) is 0. The van der Waals surface area contributed by atoms with Crippen LogP contribution in [0.15, 0.2) is 52.2 Å². The molecule has 1 saturated carbocycles. The molecule has 1 aliphatic rings. The molecule has 0 saturated heterocycles. The molecule has 2 unspecified atom stereocenters. The molecule has 0 heterocycles. The second-order valence-electron chi connectivity index (χ2n) is 10.4. The summed E-state index contributed by atoms with van der Waals surface area (Å²) in [6, 6.07) is 0. The number of aliphatic hydroxyl groups is 1. The van der Waals surface area contributed by atoms with Gasteiger partial charge in [0.05, 0.1) is 0 Å². The Hall–Kier alpha value is -1.74. The molecular weight excluding hydrogens is 430 g/mol. The number of ketones is 1. The zero-order valence-corrected chi connectivity index (χ0v) is 24.6. The molecule has 2 atom stereocenters. The Morgan fingerprint density at radius 3 is 2.00 bits per heavy atom. The van der Waals surface area contributed by atoms with Gasteiger partial charge in [0.2, 0.25) is 0 Å². The maximum Gasteiger partial charge on any atom is 0.155 e. The number of allylic oxidation sites excluding steroid dienone is 7. The molecule has 1 N–H and O–H groups in total. The quantitative estimate of drug-likeness (QED) is 0.144. The number of Topliss-reactive ketones (excluding diaryl/α,β-unsaturated/α-hetero) is 1. The molecule has 0 radical (unpaired) electrons. The Kier molecular flexibility index (Phi) is 23.0. The van der Waals surface area contributed by atoms with Crippen LogP contribution < -0.4 is 0 Å². The number of carbonyl (C=O) groups excluding carboxylic acids is 1. The van der Waals surface area contributed by atoms with Crippen molar-refractivity contribution in [3.8, 4) is 0 Å². The lowest BCUT2D eigenvalue weighted by molar-refractivity contribution is -0.113. The second-order valence-corrected chi connectivity index (χ2v) is 10.4. The number of aliphatic hydroxyl groups excluding tert-OH is 1. The summed E-state index contributed by atoms with van der Waals surface area (Å²) in [4.78, 5) is 15.3. The minimum atomic E-state index is 0.114. The Bertz CT molecular complexity index is 680. The fourth-order valence-corrected chi connectivity index (χ4v) is 3.58. The molecule has 0 aliphatic heterocycles. The van der Waals surface area contributed by atoms with Crippen LogP contribution >= 0.6 is 0 Å². The van der Waals surface area contributed by atoms with Gasteiger partial charge >= 0.3 is 0 Å². The van der Waals surface area contributed by atoms with Gasteiger partial charge < -0.3 is 5.11 Å². The minimum absolute atomic E-state index is 0.114. The van der Waals surface area contributed by atoms with Crippen LogP contribution in [0, 0.1) is 17.8 Å². The summed E-state index contributed by atoms with van der Waals surface area (Å²) in [5.74, 6) is 2.40. The summed E-state index contributed by atoms with van der Waals surface area (Å²) in [5.41, 5.74) is 3.79. The molecule has 0 spiro atoms. The molecule has 3 nitrogen and oxygen atoms in total.